The van der Waals surface area contributed by atoms with Gasteiger partial charge in [0.25, 0.3) is 0 Å². The zero-order valence-electron chi connectivity index (χ0n) is 38.6. The Morgan fingerprint density at radius 2 is 0.869 bits per heavy atom. The summed E-state index contributed by atoms with van der Waals surface area (Å²) >= 11 is 0. The van der Waals surface area contributed by atoms with E-state index in [4.69, 9.17) is 23.6 Å². The van der Waals surface area contributed by atoms with Gasteiger partial charge in [0.05, 0.1) is 19.8 Å². The minimum atomic E-state index is -4.64. The molecule has 0 heterocycles. The van der Waals surface area contributed by atoms with Gasteiger partial charge in [0.2, 0.25) is 0 Å². The van der Waals surface area contributed by atoms with Crippen molar-refractivity contribution in [1.82, 2.24) is 0 Å². The van der Waals surface area contributed by atoms with Crippen LogP contribution in [0.25, 0.3) is 0 Å². The van der Waals surface area contributed by atoms with E-state index in [0.717, 1.165) is 44.9 Å². The number of allylic oxidation sites excluding steroid dienone is 10. The first-order chi connectivity index (χ1) is 29.7. The van der Waals surface area contributed by atoms with Crippen molar-refractivity contribution in [3.63, 3.8) is 0 Å². The van der Waals surface area contributed by atoms with E-state index in [0.29, 0.717) is 19.3 Å². The summed E-state index contributed by atoms with van der Waals surface area (Å²) in [6, 6.07) is 0. The van der Waals surface area contributed by atoms with Crippen LogP contribution in [0, 0.1) is 0 Å². The van der Waals surface area contributed by atoms with Gasteiger partial charge < -0.3 is 24.6 Å². The fourth-order valence-corrected chi connectivity index (χ4v) is 7.18. The first kappa shape index (κ1) is 58.7. The summed E-state index contributed by atoms with van der Waals surface area (Å²) in [5.41, 5.74) is 0. The van der Waals surface area contributed by atoms with Crippen LogP contribution in [0.5, 0.6) is 0 Å². The number of esters is 2. The number of hydrogen-bond acceptors (Lipinski definition) is 9. The average Bonchev–Trinajstić information content (AvgIpc) is 3.25. The molecule has 0 aliphatic rings. The van der Waals surface area contributed by atoms with Crippen molar-refractivity contribution in [2.45, 2.75) is 219 Å². The molecule has 0 spiro atoms. The molecule has 10 nitrogen and oxygen atoms in total. The molecule has 0 saturated carbocycles. The van der Waals surface area contributed by atoms with E-state index in [9.17, 15) is 24.2 Å². The van der Waals surface area contributed by atoms with E-state index < -0.39 is 51.8 Å². The molecule has 1 unspecified atom stereocenters. The van der Waals surface area contributed by atoms with Gasteiger partial charge in [0.15, 0.2) is 6.10 Å². The Bertz CT molecular complexity index is 1200. The van der Waals surface area contributed by atoms with Gasteiger partial charge in [-0.2, -0.15) is 0 Å². The van der Waals surface area contributed by atoms with Crippen molar-refractivity contribution in [3.05, 3.63) is 60.8 Å². The lowest BCUT2D eigenvalue weighted by atomic mass is 10.0. The molecule has 61 heavy (non-hydrogen) atoms. The molecule has 0 bridgehead atoms. The van der Waals surface area contributed by atoms with Crippen molar-refractivity contribution in [2.75, 3.05) is 26.4 Å². The van der Waals surface area contributed by atoms with E-state index in [1.807, 2.05) is 6.08 Å². The van der Waals surface area contributed by atoms with Crippen LogP contribution in [-0.2, 0) is 32.7 Å². The van der Waals surface area contributed by atoms with E-state index in [-0.39, 0.29) is 19.4 Å². The fourth-order valence-electron chi connectivity index (χ4n) is 6.39. The minimum Gasteiger partial charge on any atom is -0.462 e. The molecule has 3 atom stereocenters. The highest BCUT2D eigenvalue weighted by Gasteiger charge is 2.27. The number of unbranched alkanes of at least 4 members (excludes halogenated alkanes) is 21. The van der Waals surface area contributed by atoms with Crippen molar-refractivity contribution in [1.29, 1.82) is 0 Å². The van der Waals surface area contributed by atoms with Crippen molar-refractivity contribution >= 4 is 19.8 Å². The van der Waals surface area contributed by atoms with Gasteiger partial charge in [-0.3, -0.25) is 18.6 Å². The summed E-state index contributed by atoms with van der Waals surface area (Å²) in [5, 5.41) is 18.4. The van der Waals surface area contributed by atoms with Crippen LogP contribution in [0.3, 0.4) is 0 Å². The molecule has 3 N–H and O–H groups in total. The number of ether oxygens (including phenoxy) is 2. The summed E-state index contributed by atoms with van der Waals surface area (Å²) in [7, 11) is -4.64. The molecule has 11 heteroatoms. The first-order valence-corrected chi connectivity index (χ1v) is 25.7. The monoisotopic (exact) mass is 881 g/mol. The Hall–Kier alpha value is -2.33. The molecule has 0 aromatic carbocycles. The highest BCUT2D eigenvalue weighted by Crippen LogP contribution is 2.43. The maximum atomic E-state index is 12.7. The zero-order valence-corrected chi connectivity index (χ0v) is 39.5. The largest absolute Gasteiger partial charge is 0.472 e. The maximum absolute atomic E-state index is 12.7. The molecule has 0 radical (unpaired) electrons. The smallest absolute Gasteiger partial charge is 0.462 e. The second kappa shape index (κ2) is 45.7. The van der Waals surface area contributed by atoms with Gasteiger partial charge in [-0.25, -0.2) is 4.57 Å². The highest BCUT2D eigenvalue weighted by atomic mass is 31.2. The number of hydrogen-bond donors (Lipinski definition) is 3. The third kappa shape index (κ3) is 45.5. The van der Waals surface area contributed by atoms with Gasteiger partial charge >= 0.3 is 19.8 Å². The average molecular weight is 881 g/mol. The van der Waals surface area contributed by atoms with Gasteiger partial charge in [0.1, 0.15) is 12.7 Å². The third-order valence-corrected chi connectivity index (χ3v) is 11.1. The second-order valence-corrected chi connectivity index (χ2v) is 17.6. The van der Waals surface area contributed by atoms with Crippen LogP contribution in [-0.4, -0.2) is 65.7 Å². The number of carbonyl (C=O) groups excluding carboxylic acids is 2. The predicted molar refractivity (Wildman–Crippen MR) is 251 cm³/mol. The van der Waals surface area contributed by atoms with Gasteiger partial charge in [-0.05, 0) is 77.0 Å². The number of aliphatic hydroxyl groups is 2. The fraction of sp³-hybridized carbons (Fsp3) is 0.760. The van der Waals surface area contributed by atoms with Gasteiger partial charge in [0, 0.05) is 12.8 Å². The zero-order chi connectivity index (χ0) is 44.8. The summed E-state index contributed by atoms with van der Waals surface area (Å²) in [6.45, 7) is 2.30. The molecule has 0 rings (SSSR count). The second-order valence-electron chi connectivity index (χ2n) is 16.1. The molecular weight excluding hydrogens is 792 g/mol. The normalized spacial score (nSPS) is 14.2. The summed E-state index contributed by atoms with van der Waals surface area (Å²) < 4.78 is 32.8. The number of carbonyl (C=O) groups is 2. The number of phosphoric acid groups is 1. The lowest BCUT2D eigenvalue weighted by molar-refractivity contribution is -0.161. The predicted octanol–water partition coefficient (Wildman–Crippen LogP) is 13.5. The van der Waals surface area contributed by atoms with Crippen molar-refractivity contribution in [2.24, 2.45) is 0 Å². The SMILES string of the molecule is CCCCC/C=C\C/C=C\C/C=C\C/C=C\CCCC(=O)OC[C@H](COP(=O)(O)OC[C@@H](O)CO)OC(=O)CCCCCCCCCCCC/C=C\CCCCCCCCC. The minimum absolute atomic E-state index is 0.164. The lowest BCUT2D eigenvalue weighted by Gasteiger charge is -2.20. The Labute approximate surface area is 372 Å². The van der Waals surface area contributed by atoms with Crippen LogP contribution in [0.1, 0.15) is 206 Å². The standard InChI is InChI=1S/C50H89O10P/c1-3-5-7-9-11-13-15-17-19-21-22-23-24-26-28-30-32-34-36-38-40-42-50(54)60-48(46-59-61(55,56)58-44-47(52)43-51)45-57-49(53)41-39-37-35-33-31-29-27-25-20-18-16-14-12-10-8-6-4-2/h12,14,18-21,27,29,33,35,47-48,51-52H,3-11,13,15-17,22-26,28,30-32,34,36-46H2,1-2H3,(H,55,56)/b14-12-,20-18-,21-19-,29-27-,35-33-/t47-,48+/m0/s1. The van der Waals surface area contributed by atoms with Crippen LogP contribution in [0.4, 0.5) is 0 Å². The Morgan fingerprint density at radius 3 is 1.38 bits per heavy atom. The molecule has 0 saturated heterocycles. The summed E-state index contributed by atoms with van der Waals surface area (Å²) in [5.74, 6) is -0.991. The Balaban J connectivity index is 4.29. The number of rotatable bonds is 45. The van der Waals surface area contributed by atoms with Gasteiger partial charge in [-0.1, -0.05) is 177 Å². The molecule has 0 aromatic heterocycles. The highest BCUT2D eigenvalue weighted by molar-refractivity contribution is 7.47. The first-order valence-electron chi connectivity index (χ1n) is 24.2. The summed E-state index contributed by atoms with van der Waals surface area (Å²) in [6.07, 6.45) is 51.9. The Morgan fingerprint density at radius 1 is 0.492 bits per heavy atom. The Kier molecular flexibility index (Phi) is 43.9. The lowest BCUT2D eigenvalue weighted by Crippen LogP contribution is -2.29. The van der Waals surface area contributed by atoms with Crippen LogP contribution >= 0.6 is 7.82 Å². The molecule has 0 aliphatic heterocycles. The number of phosphoric ester groups is 1. The molecule has 354 valence electrons. The van der Waals surface area contributed by atoms with Crippen molar-refractivity contribution in [3.8, 4) is 0 Å². The molecular formula is C50H89O10P. The quantitative estimate of drug-likeness (QED) is 0.0233. The third-order valence-electron chi connectivity index (χ3n) is 10.1. The molecule has 0 aromatic rings. The summed E-state index contributed by atoms with van der Waals surface area (Å²) in [4.78, 5) is 35.1. The van der Waals surface area contributed by atoms with Gasteiger partial charge in [-0.15, -0.1) is 0 Å². The van der Waals surface area contributed by atoms with Crippen LogP contribution in [0.15, 0.2) is 60.8 Å². The van der Waals surface area contributed by atoms with E-state index in [1.165, 1.54) is 116 Å². The van der Waals surface area contributed by atoms with Crippen molar-refractivity contribution < 1.29 is 47.8 Å². The van der Waals surface area contributed by atoms with Crippen LogP contribution < -0.4 is 0 Å². The maximum Gasteiger partial charge on any atom is 0.472 e. The number of aliphatic hydroxyl groups excluding tert-OH is 2. The van der Waals surface area contributed by atoms with Crippen LogP contribution in [0.2, 0.25) is 0 Å². The van der Waals surface area contributed by atoms with E-state index in [1.54, 1.807) is 0 Å². The molecule has 0 fully saturated rings. The molecule has 0 amide bonds. The van der Waals surface area contributed by atoms with E-state index in [2.05, 4.69) is 68.5 Å². The topological polar surface area (TPSA) is 149 Å². The molecule has 0 aliphatic carbocycles. The van der Waals surface area contributed by atoms with E-state index >= 15 is 0 Å².